The van der Waals surface area contributed by atoms with Crippen LogP contribution in [-0.4, -0.2) is 0 Å². The van der Waals surface area contributed by atoms with Crippen LogP contribution in [0, 0.1) is 0 Å². The van der Waals surface area contributed by atoms with Crippen molar-refractivity contribution in [3.05, 3.63) is 42.1 Å². The largest absolute Gasteiger partial charge is 0.319 e. The molecule has 3 rings (SSSR count). The van der Waals surface area contributed by atoms with Crippen molar-refractivity contribution in [2.75, 3.05) is 0 Å². The highest BCUT2D eigenvalue weighted by atomic mass is 79.9. The normalized spacial score (nSPS) is 13.4. The van der Waals surface area contributed by atoms with E-state index in [1.165, 1.54) is 25.6 Å². The van der Waals surface area contributed by atoms with E-state index in [2.05, 4.69) is 33.4 Å². The molecular weight excluding hydrogens is 358 g/mol. The summed E-state index contributed by atoms with van der Waals surface area (Å²) < 4.78 is 4.30. The molecule has 1 atom stereocenters. The lowest BCUT2D eigenvalue weighted by Crippen LogP contribution is -2.07. The number of nitrogens with two attached hydrogens (primary N) is 1. The summed E-state index contributed by atoms with van der Waals surface area (Å²) in [6.07, 6.45) is 0. The van der Waals surface area contributed by atoms with Gasteiger partial charge in [0.05, 0.1) is 6.04 Å². The Labute approximate surface area is 124 Å². The fourth-order valence-corrected chi connectivity index (χ4v) is 5.57. The first kappa shape index (κ1) is 12.1. The predicted molar refractivity (Wildman–Crippen MR) is 82.8 cm³/mol. The standard InChI is InChI=1S/C11H7BrClNS3/c12-5-3-8(17-11(5)13)10(14)9-4-7-6(16-9)1-2-15-7/h1-4,10H,14H2. The van der Waals surface area contributed by atoms with Crippen LogP contribution in [0.25, 0.3) is 9.40 Å². The van der Waals surface area contributed by atoms with E-state index in [0.717, 1.165) is 13.7 Å². The first-order chi connectivity index (χ1) is 8.15. The van der Waals surface area contributed by atoms with E-state index in [-0.39, 0.29) is 6.04 Å². The molecule has 0 aliphatic carbocycles. The van der Waals surface area contributed by atoms with Gasteiger partial charge in [-0.1, -0.05) is 11.6 Å². The van der Waals surface area contributed by atoms with Crippen molar-refractivity contribution in [2.45, 2.75) is 6.04 Å². The maximum atomic E-state index is 6.27. The second kappa shape index (κ2) is 4.64. The molecule has 0 fully saturated rings. The van der Waals surface area contributed by atoms with E-state index < -0.39 is 0 Å². The molecule has 0 bridgehead atoms. The van der Waals surface area contributed by atoms with Gasteiger partial charge in [-0.25, -0.2) is 0 Å². The highest BCUT2D eigenvalue weighted by Gasteiger charge is 2.16. The molecule has 0 amide bonds. The second-order valence-corrected chi connectivity index (χ2v) is 8.15. The van der Waals surface area contributed by atoms with Crippen molar-refractivity contribution in [1.29, 1.82) is 0 Å². The van der Waals surface area contributed by atoms with E-state index in [0.29, 0.717) is 0 Å². The predicted octanol–water partition coefficient (Wildman–Crippen LogP) is 5.49. The lowest BCUT2D eigenvalue weighted by atomic mass is 10.2. The maximum Gasteiger partial charge on any atom is 0.107 e. The zero-order chi connectivity index (χ0) is 12.0. The lowest BCUT2D eigenvalue weighted by molar-refractivity contribution is 0.918. The van der Waals surface area contributed by atoms with Gasteiger partial charge in [-0.3, -0.25) is 0 Å². The summed E-state index contributed by atoms with van der Waals surface area (Å²) in [5.74, 6) is 0. The number of fused-ring (bicyclic) bond motifs is 1. The number of thiophene rings is 3. The lowest BCUT2D eigenvalue weighted by Gasteiger charge is -2.05. The molecule has 3 aromatic heterocycles. The van der Waals surface area contributed by atoms with Gasteiger partial charge in [-0.15, -0.1) is 34.0 Å². The Bertz CT molecular complexity index is 621. The third-order valence-electron chi connectivity index (χ3n) is 2.44. The van der Waals surface area contributed by atoms with E-state index in [1.807, 2.05) is 6.07 Å². The quantitative estimate of drug-likeness (QED) is 0.639. The van der Waals surface area contributed by atoms with Gasteiger partial charge < -0.3 is 5.73 Å². The average molecular weight is 365 g/mol. The molecule has 17 heavy (non-hydrogen) atoms. The van der Waals surface area contributed by atoms with E-state index >= 15 is 0 Å². The monoisotopic (exact) mass is 363 g/mol. The molecule has 3 aromatic rings. The number of halogens is 2. The first-order valence-corrected chi connectivity index (χ1v) is 8.51. The number of rotatable bonds is 2. The van der Waals surface area contributed by atoms with Crippen LogP contribution in [0.3, 0.4) is 0 Å². The molecule has 0 spiro atoms. The van der Waals surface area contributed by atoms with Crippen LogP contribution in [0.1, 0.15) is 15.8 Å². The molecule has 0 radical (unpaired) electrons. The van der Waals surface area contributed by atoms with Gasteiger partial charge in [0, 0.05) is 23.6 Å². The Balaban J connectivity index is 2.01. The van der Waals surface area contributed by atoms with E-state index in [9.17, 15) is 0 Å². The third-order valence-corrected chi connectivity index (χ3v) is 7.17. The molecule has 0 aromatic carbocycles. The molecule has 3 heterocycles. The minimum absolute atomic E-state index is 0.0756. The van der Waals surface area contributed by atoms with Crippen molar-refractivity contribution in [3.63, 3.8) is 0 Å². The summed E-state index contributed by atoms with van der Waals surface area (Å²) >= 11 is 14.5. The highest BCUT2D eigenvalue weighted by molar-refractivity contribution is 9.10. The van der Waals surface area contributed by atoms with Gasteiger partial charge in [0.2, 0.25) is 0 Å². The first-order valence-electron chi connectivity index (χ1n) is 4.82. The Morgan fingerprint density at radius 1 is 1.18 bits per heavy atom. The van der Waals surface area contributed by atoms with Crippen LogP contribution in [0.4, 0.5) is 0 Å². The smallest absolute Gasteiger partial charge is 0.107 e. The summed E-state index contributed by atoms with van der Waals surface area (Å²) in [7, 11) is 0. The van der Waals surface area contributed by atoms with Crippen molar-refractivity contribution in [1.82, 2.24) is 0 Å². The van der Waals surface area contributed by atoms with Gasteiger partial charge in [0.15, 0.2) is 0 Å². The van der Waals surface area contributed by atoms with E-state index in [4.69, 9.17) is 17.3 Å². The molecule has 0 aliphatic heterocycles. The fourth-order valence-electron chi connectivity index (χ4n) is 1.59. The van der Waals surface area contributed by atoms with Crippen molar-refractivity contribution >= 4 is 70.9 Å². The summed E-state index contributed by atoms with van der Waals surface area (Å²) in [5, 5.41) is 2.11. The summed E-state index contributed by atoms with van der Waals surface area (Å²) in [6, 6.07) is 6.24. The second-order valence-electron chi connectivity index (χ2n) is 3.55. The number of hydrogen-bond donors (Lipinski definition) is 1. The van der Waals surface area contributed by atoms with Crippen LogP contribution < -0.4 is 5.73 Å². The van der Waals surface area contributed by atoms with Crippen molar-refractivity contribution in [2.24, 2.45) is 5.73 Å². The fraction of sp³-hybridized carbons (Fsp3) is 0.0909. The summed E-state index contributed by atoms with van der Waals surface area (Å²) in [6.45, 7) is 0. The zero-order valence-corrected chi connectivity index (χ0v) is 13.2. The molecule has 0 aliphatic rings. The summed E-state index contributed by atoms with van der Waals surface area (Å²) in [5.41, 5.74) is 6.27. The molecular formula is C11H7BrClNS3. The average Bonchev–Trinajstić information content (AvgIpc) is 2.92. The molecule has 2 N–H and O–H groups in total. The van der Waals surface area contributed by atoms with Crippen molar-refractivity contribution in [3.8, 4) is 0 Å². The highest BCUT2D eigenvalue weighted by Crippen LogP contribution is 2.40. The Kier molecular flexibility index (Phi) is 3.32. The van der Waals surface area contributed by atoms with Crippen LogP contribution in [0.15, 0.2) is 28.1 Å². The van der Waals surface area contributed by atoms with Gasteiger partial charge in [-0.05, 0) is 39.5 Å². The molecule has 88 valence electrons. The Morgan fingerprint density at radius 3 is 2.59 bits per heavy atom. The third kappa shape index (κ3) is 2.20. The Hall–Kier alpha value is 0.0900. The van der Waals surface area contributed by atoms with Crippen LogP contribution in [-0.2, 0) is 0 Å². The maximum absolute atomic E-state index is 6.27. The van der Waals surface area contributed by atoms with E-state index in [1.54, 1.807) is 22.7 Å². The van der Waals surface area contributed by atoms with Crippen molar-refractivity contribution < 1.29 is 0 Å². The molecule has 1 unspecified atom stereocenters. The number of hydrogen-bond acceptors (Lipinski definition) is 4. The zero-order valence-electron chi connectivity index (χ0n) is 8.44. The molecule has 0 saturated carbocycles. The van der Waals surface area contributed by atoms with Crippen LogP contribution in [0.5, 0.6) is 0 Å². The Morgan fingerprint density at radius 2 is 1.94 bits per heavy atom. The minimum Gasteiger partial charge on any atom is -0.319 e. The molecule has 6 heteroatoms. The molecule has 1 nitrogen and oxygen atoms in total. The van der Waals surface area contributed by atoms with Gasteiger partial charge in [0.1, 0.15) is 4.34 Å². The molecule has 0 saturated heterocycles. The van der Waals surface area contributed by atoms with Crippen LogP contribution >= 0.6 is 61.5 Å². The van der Waals surface area contributed by atoms with Crippen LogP contribution in [0.2, 0.25) is 4.34 Å². The SMILES string of the molecule is NC(c1cc(Br)c(Cl)s1)c1cc2sccc2s1. The van der Waals surface area contributed by atoms with Gasteiger partial charge >= 0.3 is 0 Å². The van der Waals surface area contributed by atoms with Gasteiger partial charge in [-0.2, -0.15) is 0 Å². The minimum atomic E-state index is -0.0756. The van der Waals surface area contributed by atoms with Gasteiger partial charge in [0.25, 0.3) is 0 Å². The summed E-state index contributed by atoms with van der Waals surface area (Å²) in [4.78, 5) is 2.29. The topological polar surface area (TPSA) is 26.0 Å².